The number of nitrogens with zero attached hydrogens (tertiary/aromatic N) is 6. The van der Waals surface area contributed by atoms with E-state index in [0.29, 0.717) is 27.4 Å². The van der Waals surface area contributed by atoms with Gasteiger partial charge in [0.05, 0.1) is 23.4 Å². The molecule has 9 nitrogen and oxygen atoms in total. The van der Waals surface area contributed by atoms with E-state index in [1.807, 2.05) is 23.8 Å². The lowest BCUT2D eigenvalue weighted by Gasteiger charge is -2.13. The van der Waals surface area contributed by atoms with Crippen molar-refractivity contribution in [1.82, 2.24) is 24.6 Å². The number of aryl methyl sites for hydroxylation is 3. The molecule has 13 heteroatoms. The number of hydrogen-bond donors (Lipinski definition) is 1. The van der Waals surface area contributed by atoms with Gasteiger partial charge < -0.3 is 10.1 Å². The lowest BCUT2D eigenvalue weighted by Crippen LogP contribution is -2.28. The lowest BCUT2D eigenvalue weighted by molar-refractivity contribution is -0.274. The highest BCUT2D eigenvalue weighted by atomic mass is 32.1. The van der Waals surface area contributed by atoms with Crippen LogP contribution in [0.15, 0.2) is 83.4 Å². The van der Waals surface area contributed by atoms with E-state index in [1.165, 1.54) is 52.2 Å². The Morgan fingerprint density at radius 1 is 1.11 bits per heavy atom. The first-order valence-corrected chi connectivity index (χ1v) is 15.3. The molecule has 0 saturated heterocycles. The van der Waals surface area contributed by atoms with Gasteiger partial charge in [-0.2, -0.15) is 10.3 Å². The minimum atomic E-state index is -4.77. The van der Waals surface area contributed by atoms with Gasteiger partial charge in [-0.3, -0.25) is 4.57 Å². The van der Waals surface area contributed by atoms with Crippen LogP contribution in [0.2, 0.25) is 0 Å². The van der Waals surface area contributed by atoms with Gasteiger partial charge in [0.1, 0.15) is 12.1 Å². The number of carbonyl (C=O) groups is 1. The van der Waals surface area contributed by atoms with Crippen molar-refractivity contribution < 1.29 is 22.7 Å². The van der Waals surface area contributed by atoms with Gasteiger partial charge in [0.15, 0.2) is 10.6 Å². The van der Waals surface area contributed by atoms with E-state index < -0.39 is 18.3 Å². The van der Waals surface area contributed by atoms with Gasteiger partial charge in [-0.1, -0.05) is 49.7 Å². The maximum Gasteiger partial charge on any atom is 0.573 e. The normalized spacial score (nSPS) is 12.5. The average molecular weight is 646 g/mol. The van der Waals surface area contributed by atoms with Crippen molar-refractivity contribution in [2.75, 3.05) is 6.54 Å². The van der Waals surface area contributed by atoms with Crippen LogP contribution in [0.1, 0.15) is 41.6 Å². The average Bonchev–Trinajstić information content (AvgIpc) is 3.65. The quantitative estimate of drug-likeness (QED) is 0.183. The number of hydrogen-bond acceptors (Lipinski definition) is 6. The molecule has 0 fully saturated rings. The van der Waals surface area contributed by atoms with Crippen molar-refractivity contribution in [3.05, 3.63) is 106 Å². The number of nitrogens with one attached hydrogen (secondary N) is 1. The Morgan fingerprint density at radius 3 is 2.52 bits per heavy atom. The molecule has 2 aromatic heterocycles. The second-order valence-electron chi connectivity index (χ2n) is 10.5. The molecule has 3 aromatic carbocycles. The maximum absolute atomic E-state index is 12.9. The zero-order valence-electron chi connectivity index (χ0n) is 25.2. The zero-order valence-corrected chi connectivity index (χ0v) is 26.1. The molecule has 0 aliphatic rings. The van der Waals surface area contributed by atoms with Gasteiger partial charge >= 0.3 is 12.4 Å². The Balaban J connectivity index is 1.26. The van der Waals surface area contributed by atoms with Crippen molar-refractivity contribution in [3.63, 3.8) is 0 Å². The molecular weight excluding hydrogens is 615 g/mol. The van der Waals surface area contributed by atoms with E-state index in [2.05, 4.69) is 56.3 Å². The molecule has 46 heavy (non-hydrogen) atoms. The SMILES string of the molecule is CCCc1ccc(C)cc1-n1c(C)csc1=NC(=O)NCC(C#N)c1ccc(-c2ncn(-c3ccc(OC(F)(F)F)cc3)n2)cc1. The summed E-state index contributed by atoms with van der Waals surface area (Å²) in [5.41, 5.74) is 6.14. The number of thiazole rings is 1. The third-order valence-electron chi connectivity index (χ3n) is 7.09. The summed E-state index contributed by atoms with van der Waals surface area (Å²) in [6.45, 7) is 6.21. The highest BCUT2D eigenvalue weighted by molar-refractivity contribution is 7.07. The monoisotopic (exact) mass is 645 g/mol. The first-order chi connectivity index (χ1) is 22.0. The van der Waals surface area contributed by atoms with E-state index in [4.69, 9.17) is 0 Å². The van der Waals surface area contributed by atoms with Crippen LogP contribution < -0.4 is 14.9 Å². The molecule has 2 amide bonds. The molecule has 0 aliphatic carbocycles. The van der Waals surface area contributed by atoms with Crippen LogP contribution in [0.4, 0.5) is 18.0 Å². The number of benzene rings is 3. The summed E-state index contributed by atoms with van der Waals surface area (Å²) in [5, 5.41) is 19.0. The van der Waals surface area contributed by atoms with Crippen molar-refractivity contribution in [3.8, 4) is 34.6 Å². The molecule has 1 unspecified atom stereocenters. The fourth-order valence-electron chi connectivity index (χ4n) is 4.86. The molecule has 1 atom stereocenters. The summed E-state index contributed by atoms with van der Waals surface area (Å²) in [7, 11) is 0. The third-order valence-corrected chi connectivity index (χ3v) is 8.03. The fraction of sp³-hybridized carbons (Fsp3) is 0.242. The minimum Gasteiger partial charge on any atom is -0.406 e. The number of ether oxygens (including phenoxy) is 1. The second kappa shape index (κ2) is 13.8. The van der Waals surface area contributed by atoms with Crippen LogP contribution in [0.5, 0.6) is 5.75 Å². The molecule has 236 valence electrons. The number of rotatable bonds is 9. The van der Waals surface area contributed by atoms with Gasteiger partial charge in [-0.05, 0) is 67.3 Å². The van der Waals surface area contributed by atoms with Gasteiger partial charge in [-0.25, -0.2) is 14.5 Å². The highest BCUT2D eigenvalue weighted by Gasteiger charge is 2.31. The summed E-state index contributed by atoms with van der Waals surface area (Å²) in [4.78, 5) is 22.1. The number of amides is 2. The Morgan fingerprint density at radius 2 is 1.85 bits per heavy atom. The summed E-state index contributed by atoms with van der Waals surface area (Å²) in [6, 6.07) is 20.3. The summed E-state index contributed by atoms with van der Waals surface area (Å²) < 4.78 is 44.6. The number of carbonyl (C=O) groups excluding carboxylic acids is 1. The van der Waals surface area contributed by atoms with Gasteiger partial charge in [0.2, 0.25) is 0 Å². The molecule has 0 bridgehead atoms. The van der Waals surface area contributed by atoms with Gasteiger partial charge in [0, 0.05) is 23.2 Å². The summed E-state index contributed by atoms with van der Waals surface area (Å²) in [6.07, 6.45) is -1.43. The van der Waals surface area contributed by atoms with Gasteiger partial charge in [0.25, 0.3) is 0 Å². The van der Waals surface area contributed by atoms with Crippen LogP contribution >= 0.6 is 11.3 Å². The molecule has 5 aromatic rings. The standard InChI is InChI=1S/C33H30F3N7O2S/c1-4-5-24-7-6-21(2)16-29(24)43-22(3)19-46-32(43)40-31(44)38-18-26(17-37)23-8-10-25(11-9-23)30-39-20-42(41-30)27-12-14-28(15-13-27)45-33(34,35)36/h6-16,19-20,26H,4-5,18H2,1-3H3,(H,38,44). The van der Waals surface area contributed by atoms with Crippen molar-refractivity contribution >= 4 is 17.4 Å². The van der Waals surface area contributed by atoms with E-state index in [0.717, 1.165) is 29.8 Å². The largest absolute Gasteiger partial charge is 0.573 e. The summed E-state index contributed by atoms with van der Waals surface area (Å²) in [5.74, 6) is -0.572. The topological polar surface area (TPSA) is 110 Å². The van der Waals surface area contributed by atoms with Crippen LogP contribution in [0.3, 0.4) is 0 Å². The number of nitriles is 1. The number of alkyl halides is 3. The molecule has 1 N–H and O–H groups in total. The van der Waals surface area contributed by atoms with E-state index in [9.17, 15) is 23.2 Å². The Labute approximate surface area is 267 Å². The first kappa shape index (κ1) is 32.2. The van der Waals surface area contributed by atoms with Gasteiger partial charge in [-0.15, -0.1) is 29.6 Å². The van der Waals surface area contributed by atoms with Crippen LogP contribution in [0, 0.1) is 25.2 Å². The first-order valence-electron chi connectivity index (χ1n) is 14.4. The zero-order chi connectivity index (χ0) is 32.8. The lowest BCUT2D eigenvalue weighted by atomic mass is 9.99. The molecule has 2 heterocycles. The minimum absolute atomic E-state index is 0.0645. The van der Waals surface area contributed by atoms with E-state index in [1.54, 1.807) is 24.3 Å². The molecular formula is C33H30F3N7O2S. The molecule has 0 radical (unpaired) electrons. The molecule has 0 spiro atoms. The molecule has 0 aliphatic heterocycles. The second-order valence-corrected chi connectivity index (χ2v) is 11.4. The van der Waals surface area contributed by atoms with Crippen molar-refractivity contribution in [2.45, 2.75) is 45.9 Å². The smallest absolute Gasteiger partial charge is 0.406 e. The van der Waals surface area contributed by atoms with Crippen LogP contribution in [-0.4, -0.2) is 38.3 Å². The third kappa shape index (κ3) is 7.70. The molecule has 5 rings (SSSR count). The predicted molar refractivity (Wildman–Crippen MR) is 168 cm³/mol. The number of halogens is 3. The van der Waals surface area contributed by atoms with Crippen molar-refractivity contribution in [2.24, 2.45) is 4.99 Å². The Kier molecular flexibility index (Phi) is 9.67. The number of aromatic nitrogens is 4. The highest BCUT2D eigenvalue weighted by Crippen LogP contribution is 2.25. The van der Waals surface area contributed by atoms with Crippen LogP contribution in [-0.2, 0) is 6.42 Å². The molecule has 0 saturated carbocycles. The maximum atomic E-state index is 12.9. The Hall–Kier alpha value is -5.22. The number of urea groups is 1. The van der Waals surface area contributed by atoms with Crippen LogP contribution in [0.25, 0.3) is 22.8 Å². The predicted octanol–water partition coefficient (Wildman–Crippen LogP) is 7.17. The van der Waals surface area contributed by atoms with Crippen molar-refractivity contribution in [1.29, 1.82) is 5.26 Å². The van der Waals surface area contributed by atoms with E-state index in [-0.39, 0.29) is 12.3 Å². The summed E-state index contributed by atoms with van der Waals surface area (Å²) >= 11 is 1.38. The fourth-order valence-corrected chi connectivity index (χ4v) is 5.73. The Bertz CT molecular complexity index is 1940. The van der Waals surface area contributed by atoms with E-state index >= 15 is 0 Å².